The number of hydrogen-bond acceptors (Lipinski definition) is 6. The molecule has 0 saturated heterocycles. The number of esters is 1. The van der Waals surface area contributed by atoms with Crippen molar-refractivity contribution >= 4 is 23.4 Å². The van der Waals surface area contributed by atoms with Crippen molar-refractivity contribution in [1.82, 2.24) is 0 Å². The summed E-state index contributed by atoms with van der Waals surface area (Å²) in [4.78, 5) is 21.5. The molecule has 2 N–H and O–H groups in total. The Kier molecular flexibility index (Phi) is 7.03. The fourth-order valence-corrected chi connectivity index (χ4v) is 2.51. The summed E-state index contributed by atoms with van der Waals surface area (Å²) in [5, 5.41) is 10.6. The predicted molar refractivity (Wildman–Crippen MR) is 78.5 cm³/mol. The van der Waals surface area contributed by atoms with E-state index in [-0.39, 0.29) is 11.7 Å². The molecule has 1 rings (SSSR count). The second kappa shape index (κ2) is 8.55. The zero-order valence-electron chi connectivity index (χ0n) is 11.3. The summed E-state index contributed by atoms with van der Waals surface area (Å²) >= 11 is 1.58. The van der Waals surface area contributed by atoms with Gasteiger partial charge in [0.1, 0.15) is 6.04 Å². The number of thioether (sulfide) groups is 1. The number of nitrogens with zero attached hydrogens (tertiary/aromatic N) is 1. The Labute approximate surface area is 121 Å². The van der Waals surface area contributed by atoms with Gasteiger partial charge in [-0.2, -0.15) is 11.8 Å². The molecule has 0 saturated carbocycles. The number of nitro groups is 1. The molecule has 0 spiro atoms. The van der Waals surface area contributed by atoms with Gasteiger partial charge in [-0.1, -0.05) is 12.1 Å². The molecule has 0 aliphatic rings. The topological polar surface area (TPSA) is 95.5 Å². The van der Waals surface area contributed by atoms with E-state index in [1.807, 2.05) is 6.07 Å². The molecule has 0 aliphatic heterocycles. The maximum absolute atomic E-state index is 11.3. The molecular weight excluding hydrogens is 280 g/mol. The fraction of sp³-hybridized carbons (Fsp3) is 0.462. The van der Waals surface area contributed by atoms with E-state index in [0.717, 1.165) is 5.56 Å². The predicted octanol–water partition coefficient (Wildman–Crippen LogP) is 2.11. The maximum Gasteiger partial charge on any atom is 0.322 e. The van der Waals surface area contributed by atoms with Crippen molar-refractivity contribution in [3.63, 3.8) is 0 Å². The summed E-state index contributed by atoms with van der Waals surface area (Å²) in [5.74, 6) is 0.961. The molecule has 110 valence electrons. The van der Waals surface area contributed by atoms with Gasteiger partial charge < -0.3 is 10.5 Å². The van der Waals surface area contributed by atoms with E-state index in [0.29, 0.717) is 24.5 Å². The molecule has 7 heteroatoms. The van der Waals surface area contributed by atoms with E-state index in [1.165, 1.54) is 6.07 Å². The summed E-state index contributed by atoms with van der Waals surface area (Å²) < 4.78 is 4.81. The van der Waals surface area contributed by atoms with Gasteiger partial charge in [0.2, 0.25) is 0 Å². The zero-order chi connectivity index (χ0) is 15.0. The number of hydrogen-bond donors (Lipinski definition) is 1. The molecule has 0 heterocycles. The second-order valence-electron chi connectivity index (χ2n) is 4.13. The molecule has 0 radical (unpaired) electrons. The highest BCUT2D eigenvalue weighted by molar-refractivity contribution is 7.98. The highest BCUT2D eigenvalue weighted by atomic mass is 32.2. The lowest BCUT2D eigenvalue weighted by Crippen LogP contribution is -2.32. The maximum atomic E-state index is 11.3. The smallest absolute Gasteiger partial charge is 0.322 e. The summed E-state index contributed by atoms with van der Waals surface area (Å²) in [6, 6.07) is 5.92. The molecule has 0 aromatic heterocycles. The Bertz CT molecular complexity index is 467. The van der Waals surface area contributed by atoms with Crippen LogP contribution in [0.1, 0.15) is 18.9 Å². The number of rotatable bonds is 8. The Morgan fingerprint density at radius 2 is 2.30 bits per heavy atom. The van der Waals surface area contributed by atoms with E-state index in [2.05, 4.69) is 0 Å². The first-order valence-electron chi connectivity index (χ1n) is 6.28. The molecule has 0 bridgehead atoms. The van der Waals surface area contributed by atoms with Crippen molar-refractivity contribution in [3.8, 4) is 0 Å². The molecule has 1 aromatic carbocycles. The number of non-ortho nitro benzene ring substituents is 1. The van der Waals surface area contributed by atoms with Gasteiger partial charge in [-0.15, -0.1) is 0 Å². The number of nitrogens with two attached hydrogens (primary N) is 1. The van der Waals surface area contributed by atoms with Crippen LogP contribution in [0.3, 0.4) is 0 Å². The van der Waals surface area contributed by atoms with Crippen molar-refractivity contribution in [2.24, 2.45) is 5.73 Å². The van der Waals surface area contributed by atoms with Crippen LogP contribution in [-0.4, -0.2) is 29.3 Å². The van der Waals surface area contributed by atoms with Crippen molar-refractivity contribution in [3.05, 3.63) is 39.9 Å². The van der Waals surface area contributed by atoms with Crippen LogP contribution >= 0.6 is 11.8 Å². The normalized spacial score (nSPS) is 11.9. The van der Waals surface area contributed by atoms with Crippen molar-refractivity contribution in [2.45, 2.75) is 25.1 Å². The Balaban J connectivity index is 2.32. The molecule has 0 amide bonds. The largest absolute Gasteiger partial charge is 0.465 e. The summed E-state index contributed by atoms with van der Waals surface area (Å²) in [5.41, 5.74) is 6.64. The van der Waals surface area contributed by atoms with E-state index < -0.39 is 11.0 Å². The van der Waals surface area contributed by atoms with Gasteiger partial charge in [0.05, 0.1) is 11.5 Å². The quantitative estimate of drug-likeness (QED) is 0.342. The SMILES string of the molecule is CCOC(=O)C(N)CCSCc1cccc([N+](=O)[O-])c1. The molecule has 1 aromatic rings. The second-order valence-corrected chi connectivity index (χ2v) is 5.23. The summed E-state index contributed by atoms with van der Waals surface area (Å²) in [7, 11) is 0. The summed E-state index contributed by atoms with van der Waals surface area (Å²) in [6.07, 6.45) is 0.526. The average Bonchev–Trinajstić information content (AvgIpc) is 2.44. The van der Waals surface area contributed by atoms with Crippen LogP contribution in [-0.2, 0) is 15.3 Å². The minimum absolute atomic E-state index is 0.0892. The van der Waals surface area contributed by atoms with Gasteiger partial charge in [0.15, 0.2) is 0 Å². The summed E-state index contributed by atoms with van der Waals surface area (Å²) in [6.45, 7) is 2.06. The van der Waals surface area contributed by atoms with Crippen LogP contribution in [0.4, 0.5) is 5.69 Å². The van der Waals surface area contributed by atoms with Gasteiger partial charge in [-0.3, -0.25) is 14.9 Å². The molecule has 1 unspecified atom stereocenters. The minimum atomic E-state index is -0.604. The number of ether oxygens (including phenoxy) is 1. The Morgan fingerprint density at radius 1 is 1.55 bits per heavy atom. The van der Waals surface area contributed by atoms with E-state index >= 15 is 0 Å². The van der Waals surface area contributed by atoms with Crippen LogP contribution < -0.4 is 5.73 Å². The molecular formula is C13H18N2O4S. The monoisotopic (exact) mass is 298 g/mol. The number of nitro benzene ring substituents is 1. The lowest BCUT2D eigenvalue weighted by Gasteiger charge is -2.09. The third-order valence-electron chi connectivity index (χ3n) is 2.55. The lowest BCUT2D eigenvalue weighted by atomic mass is 10.2. The van der Waals surface area contributed by atoms with Gasteiger partial charge in [0.25, 0.3) is 5.69 Å². The first-order chi connectivity index (χ1) is 9.54. The first-order valence-corrected chi connectivity index (χ1v) is 7.43. The third kappa shape index (κ3) is 5.58. The highest BCUT2D eigenvalue weighted by Crippen LogP contribution is 2.18. The first kappa shape index (κ1) is 16.5. The van der Waals surface area contributed by atoms with Gasteiger partial charge >= 0.3 is 5.97 Å². The molecule has 0 aliphatic carbocycles. The molecule has 0 fully saturated rings. The van der Waals surface area contributed by atoms with Crippen LogP contribution in [0.5, 0.6) is 0 Å². The van der Waals surface area contributed by atoms with Crippen LogP contribution in [0.2, 0.25) is 0 Å². The van der Waals surface area contributed by atoms with E-state index in [4.69, 9.17) is 10.5 Å². The lowest BCUT2D eigenvalue weighted by molar-refractivity contribution is -0.384. The van der Waals surface area contributed by atoms with Gasteiger partial charge in [-0.05, 0) is 24.7 Å². The number of carbonyl (C=O) groups is 1. The molecule has 6 nitrogen and oxygen atoms in total. The minimum Gasteiger partial charge on any atom is -0.465 e. The van der Waals surface area contributed by atoms with Crippen molar-refractivity contribution in [2.75, 3.05) is 12.4 Å². The van der Waals surface area contributed by atoms with E-state index in [1.54, 1.807) is 30.8 Å². The van der Waals surface area contributed by atoms with E-state index in [9.17, 15) is 14.9 Å². The average molecular weight is 298 g/mol. The Morgan fingerprint density at radius 3 is 2.95 bits per heavy atom. The zero-order valence-corrected chi connectivity index (χ0v) is 12.1. The van der Waals surface area contributed by atoms with Crippen LogP contribution in [0.25, 0.3) is 0 Å². The number of benzene rings is 1. The van der Waals surface area contributed by atoms with Gasteiger partial charge in [-0.25, -0.2) is 0 Å². The number of carbonyl (C=O) groups excluding carboxylic acids is 1. The van der Waals surface area contributed by atoms with Crippen molar-refractivity contribution < 1.29 is 14.5 Å². The van der Waals surface area contributed by atoms with Gasteiger partial charge in [0, 0.05) is 17.9 Å². The fourth-order valence-electron chi connectivity index (χ4n) is 1.53. The molecule has 1 atom stereocenters. The Hall–Kier alpha value is -1.60. The van der Waals surface area contributed by atoms with Crippen molar-refractivity contribution in [1.29, 1.82) is 0 Å². The van der Waals surface area contributed by atoms with Crippen LogP contribution in [0.15, 0.2) is 24.3 Å². The molecule has 20 heavy (non-hydrogen) atoms. The standard InChI is InChI=1S/C13H18N2O4S/c1-2-19-13(16)12(14)6-7-20-9-10-4-3-5-11(8-10)15(17)18/h3-5,8,12H,2,6-7,9,14H2,1H3. The third-order valence-corrected chi connectivity index (χ3v) is 3.61. The van der Waals surface area contributed by atoms with Crippen LogP contribution in [0, 0.1) is 10.1 Å². The highest BCUT2D eigenvalue weighted by Gasteiger charge is 2.13.